The number of nitrogens with zero attached hydrogens (tertiary/aromatic N) is 2. The molecule has 2 aromatic heterocycles. The summed E-state index contributed by atoms with van der Waals surface area (Å²) in [6, 6.07) is 36.1. The van der Waals surface area contributed by atoms with Crippen molar-refractivity contribution in [2.75, 3.05) is 0 Å². The van der Waals surface area contributed by atoms with Crippen molar-refractivity contribution in [3.63, 3.8) is 0 Å². The molecule has 0 N–H and O–H groups in total. The largest absolute Gasteiger partial charge is 0.256 e. The van der Waals surface area contributed by atoms with Crippen LogP contribution in [-0.2, 0) is 7.05 Å². The first-order valence-corrected chi connectivity index (χ1v) is 10.9. The maximum Gasteiger partial charge on any atom is 0.212 e. The molecule has 2 nitrogen and oxygen atoms in total. The fourth-order valence-electron chi connectivity index (χ4n) is 4.31. The first-order valence-electron chi connectivity index (χ1n) is 10.9. The highest BCUT2D eigenvalue weighted by Crippen LogP contribution is 2.37. The van der Waals surface area contributed by atoms with Crippen LogP contribution in [0.2, 0.25) is 0 Å². The first kappa shape index (κ1) is 19.9. The summed E-state index contributed by atoms with van der Waals surface area (Å²) in [5, 5.41) is 0. The van der Waals surface area contributed by atoms with Crippen molar-refractivity contribution in [3.05, 3.63) is 121 Å². The Morgan fingerprint density at radius 3 is 1.88 bits per heavy atom. The summed E-state index contributed by atoms with van der Waals surface area (Å²) >= 11 is 0. The molecular formula is C30H25N2+. The predicted octanol–water partition coefficient (Wildman–Crippen LogP) is 6.88. The first-order chi connectivity index (χ1) is 15.7. The minimum Gasteiger partial charge on any atom is -0.256 e. The molecule has 0 aliphatic rings. The summed E-state index contributed by atoms with van der Waals surface area (Å²) in [5.74, 6) is 0. The second kappa shape index (κ2) is 8.60. The second-order valence-corrected chi connectivity index (χ2v) is 8.04. The number of aryl methyl sites for hydroxylation is 2. The number of rotatable bonds is 4. The topological polar surface area (TPSA) is 16.8 Å². The van der Waals surface area contributed by atoms with Gasteiger partial charge in [-0.2, -0.15) is 0 Å². The van der Waals surface area contributed by atoms with Gasteiger partial charge in [-0.15, -0.1) is 0 Å². The maximum atomic E-state index is 4.89. The van der Waals surface area contributed by atoms with E-state index < -0.39 is 0 Å². The minimum absolute atomic E-state index is 0.991. The Hall–Kier alpha value is -4.04. The third-order valence-corrected chi connectivity index (χ3v) is 5.95. The van der Waals surface area contributed by atoms with E-state index in [1.54, 1.807) is 0 Å². The highest BCUT2D eigenvalue weighted by Gasteiger charge is 2.17. The molecule has 0 amide bonds. The van der Waals surface area contributed by atoms with Gasteiger partial charge in [-0.25, -0.2) is 4.57 Å². The van der Waals surface area contributed by atoms with E-state index in [-0.39, 0.29) is 0 Å². The molecule has 5 aromatic rings. The molecule has 0 radical (unpaired) electrons. The molecule has 0 aliphatic heterocycles. The molecular weight excluding hydrogens is 388 g/mol. The van der Waals surface area contributed by atoms with E-state index in [0.717, 1.165) is 11.3 Å². The van der Waals surface area contributed by atoms with Gasteiger partial charge >= 0.3 is 0 Å². The van der Waals surface area contributed by atoms with Crippen molar-refractivity contribution in [1.82, 2.24) is 4.98 Å². The SMILES string of the molecule is Cc1cc(-c2ccccc2-c2ccccc2-c2cccc[n+]2C)ncc1-c1ccccc1. The van der Waals surface area contributed by atoms with Crippen LogP contribution in [0.1, 0.15) is 5.56 Å². The van der Waals surface area contributed by atoms with E-state index in [2.05, 4.69) is 122 Å². The van der Waals surface area contributed by atoms with Crippen LogP contribution < -0.4 is 4.57 Å². The van der Waals surface area contributed by atoms with Crippen molar-refractivity contribution in [2.24, 2.45) is 7.05 Å². The Balaban J connectivity index is 1.65. The van der Waals surface area contributed by atoms with Gasteiger partial charge in [0.25, 0.3) is 0 Å². The molecule has 0 fully saturated rings. The van der Waals surface area contributed by atoms with Crippen molar-refractivity contribution in [3.8, 4) is 44.8 Å². The Morgan fingerprint density at radius 2 is 1.19 bits per heavy atom. The van der Waals surface area contributed by atoms with E-state index in [1.165, 1.54) is 39.1 Å². The van der Waals surface area contributed by atoms with Gasteiger partial charge in [0.2, 0.25) is 5.69 Å². The summed E-state index contributed by atoms with van der Waals surface area (Å²) in [5.41, 5.74) is 10.5. The molecule has 32 heavy (non-hydrogen) atoms. The molecule has 0 spiro atoms. The minimum atomic E-state index is 0.991. The molecule has 5 rings (SSSR count). The van der Waals surface area contributed by atoms with Crippen LogP contribution in [0.15, 0.2) is 116 Å². The second-order valence-electron chi connectivity index (χ2n) is 8.04. The Labute approximate surface area is 189 Å². The molecule has 0 saturated heterocycles. The number of benzene rings is 3. The van der Waals surface area contributed by atoms with Crippen LogP contribution in [0.25, 0.3) is 44.8 Å². The highest BCUT2D eigenvalue weighted by molar-refractivity contribution is 5.90. The smallest absolute Gasteiger partial charge is 0.212 e. The zero-order chi connectivity index (χ0) is 21.9. The molecule has 0 aliphatic carbocycles. The van der Waals surface area contributed by atoms with Crippen LogP contribution >= 0.6 is 0 Å². The summed E-state index contributed by atoms with van der Waals surface area (Å²) < 4.78 is 2.17. The maximum absolute atomic E-state index is 4.89. The molecule has 0 saturated carbocycles. The average molecular weight is 414 g/mol. The number of pyridine rings is 2. The lowest BCUT2D eigenvalue weighted by atomic mass is 9.91. The number of hydrogen-bond acceptors (Lipinski definition) is 1. The molecule has 3 aromatic carbocycles. The molecule has 0 unspecified atom stereocenters. The molecule has 2 heteroatoms. The summed E-state index contributed by atoms with van der Waals surface area (Å²) in [7, 11) is 2.09. The van der Waals surface area contributed by atoms with Gasteiger partial charge in [0, 0.05) is 29.5 Å². The van der Waals surface area contributed by atoms with E-state index >= 15 is 0 Å². The monoisotopic (exact) mass is 413 g/mol. The van der Waals surface area contributed by atoms with Crippen molar-refractivity contribution < 1.29 is 4.57 Å². The lowest BCUT2D eigenvalue weighted by Gasteiger charge is -2.14. The van der Waals surface area contributed by atoms with Crippen LogP contribution in [0.3, 0.4) is 0 Å². The van der Waals surface area contributed by atoms with Crippen LogP contribution in [0, 0.1) is 6.92 Å². The van der Waals surface area contributed by atoms with E-state index in [4.69, 9.17) is 4.98 Å². The third-order valence-electron chi connectivity index (χ3n) is 5.95. The van der Waals surface area contributed by atoms with Crippen LogP contribution in [0.4, 0.5) is 0 Å². The third kappa shape index (κ3) is 3.72. The fourth-order valence-corrected chi connectivity index (χ4v) is 4.31. The Morgan fingerprint density at radius 1 is 0.594 bits per heavy atom. The lowest BCUT2D eigenvalue weighted by molar-refractivity contribution is -0.660. The molecule has 2 heterocycles. The quantitative estimate of drug-likeness (QED) is 0.293. The Bertz CT molecular complexity index is 1390. The predicted molar refractivity (Wildman–Crippen MR) is 132 cm³/mol. The van der Waals surface area contributed by atoms with Gasteiger partial charge in [-0.05, 0) is 47.4 Å². The molecule has 0 atom stereocenters. The van der Waals surface area contributed by atoms with Gasteiger partial charge in [0.15, 0.2) is 6.20 Å². The number of hydrogen-bond donors (Lipinski definition) is 0. The van der Waals surface area contributed by atoms with Gasteiger partial charge in [0.1, 0.15) is 7.05 Å². The van der Waals surface area contributed by atoms with Gasteiger partial charge in [-0.1, -0.05) is 72.8 Å². The van der Waals surface area contributed by atoms with Crippen molar-refractivity contribution >= 4 is 0 Å². The van der Waals surface area contributed by atoms with Gasteiger partial charge < -0.3 is 0 Å². The molecule has 0 bridgehead atoms. The highest BCUT2D eigenvalue weighted by atomic mass is 14.9. The van der Waals surface area contributed by atoms with Gasteiger partial charge in [-0.3, -0.25) is 4.98 Å². The number of aromatic nitrogens is 2. The van der Waals surface area contributed by atoms with Gasteiger partial charge in [0.05, 0.1) is 11.3 Å². The van der Waals surface area contributed by atoms with Crippen LogP contribution in [0.5, 0.6) is 0 Å². The normalized spacial score (nSPS) is 10.8. The summed E-state index contributed by atoms with van der Waals surface area (Å²) in [6.45, 7) is 2.16. The Kier molecular flexibility index (Phi) is 5.35. The van der Waals surface area contributed by atoms with Crippen molar-refractivity contribution in [1.29, 1.82) is 0 Å². The van der Waals surface area contributed by atoms with Crippen LogP contribution in [-0.4, -0.2) is 4.98 Å². The van der Waals surface area contributed by atoms with E-state index in [0.29, 0.717) is 0 Å². The zero-order valence-electron chi connectivity index (χ0n) is 18.4. The molecule has 154 valence electrons. The summed E-state index contributed by atoms with van der Waals surface area (Å²) in [6.07, 6.45) is 4.09. The van der Waals surface area contributed by atoms with E-state index in [1.807, 2.05) is 12.3 Å². The standard InChI is InChI=1S/C30H25N2/c1-22-20-29(31-21-28(22)23-12-4-3-5-13-23)26-16-8-6-14-24(26)25-15-7-9-17-27(25)30-18-10-11-19-32(30)2/h3-21H,1-2H3/q+1. The van der Waals surface area contributed by atoms with Crippen molar-refractivity contribution in [2.45, 2.75) is 6.92 Å². The zero-order valence-corrected chi connectivity index (χ0v) is 18.4. The average Bonchev–Trinajstić information content (AvgIpc) is 2.85. The van der Waals surface area contributed by atoms with E-state index in [9.17, 15) is 0 Å². The fraction of sp³-hybridized carbons (Fsp3) is 0.0667. The lowest BCUT2D eigenvalue weighted by Crippen LogP contribution is -2.30. The summed E-state index contributed by atoms with van der Waals surface area (Å²) in [4.78, 5) is 4.89.